The molecule has 0 heterocycles. The van der Waals surface area contributed by atoms with Gasteiger partial charge in [0.05, 0.1) is 5.69 Å². The summed E-state index contributed by atoms with van der Waals surface area (Å²) >= 11 is 0. The summed E-state index contributed by atoms with van der Waals surface area (Å²) in [6, 6.07) is 14.1. The third-order valence-electron chi connectivity index (χ3n) is 2.81. The van der Waals surface area contributed by atoms with E-state index in [0.717, 1.165) is 11.3 Å². The van der Waals surface area contributed by atoms with Crippen molar-refractivity contribution >= 4 is 28.1 Å². The van der Waals surface area contributed by atoms with Gasteiger partial charge in [-0.1, -0.05) is 47.7 Å². The van der Waals surface area contributed by atoms with Gasteiger partial charge in [0.25, 0.3) is 0 Å². The molecule has 0 aliphatic carbocycles. The molecule has 0 amide bonds. The molecular formula is C16H18N4O3S. The zero-order valence-electron chi connectivity index (χ0n) is 13.3. The molecule has 0 bridgehead atoms. The Balaban J connectivity index is 2.17. The molecule has 7 nitrogen and oxygen atoms in total. The number of hydrogen-bond donors (Lipinski definition) is 1. The second kappa shape index (κ2) is 7.71. The minimum atomic E-state index is -4.06. The number of benzene rings is 2. The van der Waals surface area contributed by atoms with Gasteiger partial charge in [-0.2, -0.15) is 13.6 Å². The largest absolute Gasteiger partial charge is 0.380 e. The summed E-state index contributed by atoms with van der Waals surface area (Å²) < 4.78 is 26.9. The predicted octanol–water partition coefficient (Wildman–Crippen LogP) is 3.00. The molecule has 2 aromatic rings. The maximum atomic E-state index is 11.1. The minimum Gasteiger partial charge on any atom is -0.370 e. The highest BCUT2D eigenvalue weighted by atomic mass is 32.2. The van der Waals surface area contributed by atoms with Crippen molar-refractivity contribution in [3.63, 3.8) is 0 Å². The average Bonchev–Trinajstić information content (AvgIpc) is 2.51. The van der Waals surface area contributed by atoms with Gasteiger partial charge in [-0.3, -0.25) is 5.01 Å². The third kappa shape index (κ3) is 5.82. The molecule has 0 aliphatic heterocycles. The first-order valence-corrected chi connectivity index (χ1v) is 8.49. The maximum Gasteiger partial charge on any atom is 0.380 e. The van der Waals surface area contributed by atoms with Crippen LogP contribution >= 0.6 is 0 Å². The second-order valence-electron chi connectivity index (χ2n) is 5.08. The quantitative estimate of drug-likeness (QED) is 0.494. The lowest BCUT2D eigenvalue weighted by Gasteiger charge is -2.05. The van der Waals surface area contributed by atoms with Gasteiger partial charge in [0.1, 0.15) is 0 Å². The Morgan fingerprint density at radius 1 is 1.04 bits per heavy atom. The molecule has 0 radical (unpaired) electrons. The highest BCUT2D eigenvalue weighted by Gasteiger charge is 2.07. The van der Waals surface area contributed by atoms with Crippen molar-refractivity contribution in [3.8, 4) is 5.75 Å². The van der Waals surface area contributed by atoms with Gasteiger partial charge in [0.15, 0.2) is 5.75 Å². The van der Waals surface area contributed by atoms with Crippen LogP contribution < -0.4 is 9.32 Å². The fourth-order valence-corrected chi connectivity index (χ4v) is 2.20. The zero-order valence-corrected chi connectivity index (χ0v) is 14.1. The van der Waals surface area contributed by atoms with Crippen LogP contribution in [0, 0.1) is 0 Å². The van der Waals surface area contributed by atoms with Crippen LogP contribution in [-0.4, -0.2) is 27.5 Å². The van der Waals surface area contributed by atoms with Crippen LogP contribution in [0.1, 0.15) is 11.1 Å². The van der Waals surface area contributed by atoms with E-state index in [1.165, 1.54) is 6.07 Å². The summed E-state index contributed by atoms with van der Waals surface area (Å²) in [5.74, 6) is 0.174. The number of para-hydroxylation sites is 1. The second-order valence-corrected chi connectivity index (χ2v) is 6.23. The summed E-state index contributed by atoms with van der Waals surface area (Å²) in [6.07, 6.45) is 3.58. The van der Waals surface area contributed by atoms with E-state index < -0.39 is 10.3 Å². The zero-order chi connectivity index (χ0) is 17.6. The lowest BCUT2D eigenvalue weighted by atomic mass is 10.1. The van der Waals surface area contributed by atoms with Crippen LogP contribution in [0.25, 0.3) is 12.2 Å². The monoisotopic (exact) mass is 346 g/mol. The molecule has 0 spiro atoms. The fourth-order valence-electron chi connectivity index (χ4n) is 1.80. The van der Waals surface area contributed by atoms with Gasteiger partial charge in [0, 0.05) is 19.7 Å². The Kier molecular flexibility index (Phi) is 5.67. The van der Waals surface area contributed by atoms with Gasteiger partial charge in [-0.05, 0) is 23.8 Å². The minimum absolute atomic E-state index is 0.174. The van der Waals surface area contributed by atoms with Crippen molar-refractivity contribution in [1.82, 2.24) is 5.01 Å². The molecule has 0 saturated carbocycles. The van der Waals surface area contributed by atoms with Crippen molar-refractivity contribution in [3.05, 3.63) is 59.7 Å². The number of nitrogens with zero attached hydrogens (tertiary/aromatic N) is 3. The van der Waals surface area contributed by atoms with E-state index in [1.807, 2.05) is 30.3 Å². The van der Waals surface area contributed by atoms with E-state index >= 15 is 0 Å². The molecule has 2 N–H and O–H groups in total. The van der Waals surface area contributed by atoms with Gasteiger partial charge in [-0.25, -0.2) is 0 Å². The van der Waals surface area contributed by atoms with Gasteiger partial charge >= 0.3 is 10.3 Å². The van der Waals surface area contributed by atoms with Crippen LogP contribution in [0.2, 0.25) is 0 Å². The fraction of sp³-hybridized carbons (Fsp3) is 0.125. The number of hydrogen-bond acceptors (Lipinski definition) is 5. The van der Waals surface area contributed by atoms with E-state index in [1.54, 1.807) is 43.4 Å². The van der Waals surface area contributed by atoms with Crippen LogP contribution in [0.4, 0.5) is 5.69 Å². The molecule has 2 rings (SSSR count). The van der Waals surface area contributed by atoms with Crippen LogP contribution in [0.15, 0.2) is 58.9 Å². The van der Waals surface area contributed by atoms with E-state index in [4.69, 9.17) is 9.32 Å². The standard InChI is InChI=1S/C16H18N4O3S/c1-20(2)19-18-15-11-8-13(9-12-15)7-10-14-5-3-4-6-16(14)23-24(17,21)22/h3-12H,1-2H3,(H2,17,21,22). The van der Waals surface area contributed by atoms with Crippen LogP contribution in [0.5, 0.6) is 5.75 Å². The normalized spacial score (nSPS) is 12.0. The first-order chi connectivity index (χ1) is 11.3. The van der Waals surface area contributed by atoms with E-state index in [2.05, 4.69) is 10.3 Å². The molecule has 0 aromatic heterocycles. The number of nitrogens with two attached hydrogens (primary N) is 1. The van der Waals surface area contributed by atoms with Crippen molar-refractivity contribution in [1.29, 1.82) is 0 Å². The molecule has 0 aliphatic rings. The molecule has 0 unspecified atom stereocenters. The van der Waals surface area contributed by atoms with E-state index in [-0.39, 0.29) is 5.75 Å². The molecular weight excluding hydrogens is 328 g/mol. The maximum absolute atomic E-state index is 11.1. The van der Waals surface area contributed by atoms with Gasteiger partial charge in [0.2, 0.25) is 0 Å². The molecule has 2 aromatic carbocycles. The summed E-state index contributed by atoms with van der Waals surface area (Å²) in [6.45, 7) is 0. The molecule has 0 fully saturated rings. The summed E-state index contributed by atoms with van der Waals surface area (Å²) in [5.41, 5.74) is 2.26. The third-order valence-corrected chi connectivity index (χ3v) is 3.22. The molecule has 24 heavy (non-hydrogen) atoms. The Morgan fingerprint density at radius 3 is 2.33 bits per heavy atom. The first-order valence-electron chi connectivity index (χ1n) is 7.02. The number of rotatable bonds is 6. The Hall–Kier alpha value is -2.71. The predicted molar refractivity (Wildman–Crippen MR) is 93.8 cm³/mol. The Bertz CT molecular complexity index is 844. The van der Waals surface area contributed by atoms with E-state index in [0.29, 0.717) is 5.56 Å². The lowest BCUT2D eigenvalue weighted by molar-refractivity contribution is 0.408. The van der Waals surface area contributed by atoms with Crippen LogP contribution in [-0.2, 0) is 10.3 Å². The van der Waals surface area contributed by atoms with Gasteiger partial charge in [-0.15, -0.1) is 5.11 Å². The summed E-state index contributed by atoms with van der Waals surface area (Å²) in [7, 11) is -0.476. The summed E-state index contributed by atoms with van der Waals surface area (Å²) in [4.78, 5) is 0. The Labute approximate surface area is 141 Å². The van der Waals surface area contributed by atoms with Crippen molar-refractivity contribution in [2.24, 2.45) is 15.5 Å². The lowest BCUT2D eigenvalue weighted by Crippen LogP contribution is -2.19. The molecule has 0 saturated heterocycles. The summed E-state index contributed by atoms with van der Waals surface area (Å²) in [5, 5.41) is 14.5. The molecule has 126 valence electrons. The average molecular weight is 346 g/mol. The van der Waals surface area contributed by atoms with Crippen LogP contribution in [0.3, 0.4) is 0 Å². The topological polar surface area (TPSA) is 97.3 Å². The Morgan fingerprint density at radius 2 is 1.71 bits per heavy atom. The molecule has 8 heteroatoms. The van der Waals surface area contributed by atoms with Crippen molar-refractivity contribution in [2.75, 3.05) is 14.1 Å². The van der Waals surface area contributed by atoms with Crippen molar-refractivity contribution in [2.45, 2.75) is 0 Å². The SMILES string of the molecule is CN(C)N=Nc1ccc(C=Cc2ccccc2OS(N)(=O)=O)cc1. The van der Waals surface area contributed by atoms with Gasteiger partial charge < -0.3 is 4.18 Å². The highest BCUT2D eigenvalue weighted by Crippen LogP contribution is 2.22. The molecule has 0 atom stereocenters. The highest BCUT2D eigenvalue weighted by molar-refractivity contribution is 7.84. The van der Waals surface area contributed by atoms with Crippen molar-refractivity contribution < 1.29 is 12.6 Å². The smallest absolute Gasteiger partial charge is 0.370 e. The van der Waals surface area contributed by atoms with E-state index in [9.17, 15) is 8.42 Å². The first kappa shape index (κ1) is 17.6.